The van der Waals surface area contributed by atoms with Crippen molar-refractivity contribution in [2.24, 2.45) is 5.10 Å². The molecule has 0 fully saturated rings. The summed E-state index contributed by atoms with van der Waals surface area (Å²) in [4.78, 5) is 13.8. The van der Waals surface area contributed by atoms with Crippen LogP contribution in [0.2, 0.25) is 0 Å². The summed E-state index contributed by atoms with van der Waals surface area (Å²) in [6.45, 7) is 0. The lowest BCUT2D eigenvalue weighted by atomic mass is 10.0. The van der Waals surface area contributed by atoms with Crippen LogP contribution in [0.1, 0.15) is 33.5 Å². The Morgan fingerprint density at radius 3 is 2.79 bits per heavy atom. The Morgan fingerprint density at radius 1 is 1.21 bits per heavy atom. The highest BCUT2D eigenvalue weighted by atomic mass is 32.1. The number of para-hydroxylation sites is 1. The molecule has 2 aromatic heterocycles. The third-order valence-corrected chi connectivity index (χ3v) is 4.91. The van der Waals surface area contributed by atoms with Gasteiger partial charge in [-0.1, -0.05) is 18.2 Å². The number of hydrogen-bond acceptors (Lipinski definition) is 5. The average Bonchev–Trinajstić information content (AvgIpc) is 3.34. The number of amides is 1. The maximum atomic E-state index is 12.7. The molecule has 1 aromatic carbocycles. The van der Waals surface area contributed by atoms with E-state index in [0.717, 1.165) is 4.88 Å². The first kappa shape index (κ1) is 14.7. The van der Waals surface area contributed by atoms with Gasteiger partial charge < -0.3 is 9.52 Å². The van der Waals surface area contributed by atoms with E-state index in [2.05, 4.69) is 5.10 Å². The fourth-order valence-corrected chi connectivity index (χ4v) is 3.61. The van der Waals surface area contributed by atoms with Crippen LogP contribution in [0.5, 0.6) is 5.75 Å². The first-order valence-electron chi connectivity index (χ1n) is 7.50. The molecule has 1 atom stereocenters. The topological polar surface area (TPSA) is 66.0 Å². The van der Waals surface area contributed by atoms with E-state index >= 15 is 0 Å². The fraction of sp³-hybridized carbons (Fsp3) is 0.111. The minimum absolute atomic E-state index is 0.161. The second-order valence-electron chi connectivity index (χ2n) is 5.43. The van der Waals surface area contributed by atoms with Crippen LogP contribution in [0.15, 0.2) is 69.7 Å². The number of benzene rings is 1. The van der Waals surface area contributed by atoms with Crippen molar-refractivity contribution in [1.82, 2.24) is 5.01 Å². The Balaban J connectivity index is 1.74. The summed E-state index contributed by atoms with van der Waals surface area (Å²) in [5.41, 5.74) is 1.33. The molecule has 0 saturated carbocycles. The van der Waals surface area contributed by atoms with Crippen molar-refractivity contribution in [3.63, 3.8) is 0 Å². The molecule has 1 N–H and O–H groups in total. The maximum Gasteiger partial charge on any atom is 0.310 e. The van der Waals surface area contributed by atoms with E-state index in [-0.39, 0.29) is 23.5 Å². The number of carbonyl (C=O) groups is 1. The largest absolute Gasteiger partial charge is 0.507 e. The maximum absolute atomic E-state index is 12.7. The predicted octanol–water partition coefficient (Wildman–Crippen LogP) is 4.04. The monoisotopic (exact) mass is 338 g/mol. The van der Waals surface area contributed by atoms with Gasteiger partial charge in [0.15, 0.2) is 5.76 Å². The molecule has 0 saturated heterocycles. The Hall–Kier alpha value is -2.86. The summed E-state index contributed by atoms with van der Waals surface area (Å²) in [6, 6.07) is 14.1. The normalized spacial score (nSPS) is 17.1. The second-order valence-corrected chi connectivity index (χ2v) is 6.41. The van der Waals surface area contributed by atoms with Gasteiger partial charge in [0, 0.05) is 16.9 Å². The Bertz CT molecular complexity index is 885. The first-order chi connectivity index (χ1) is 11.7. The van der Waals surface area contributed by atoms with Crippen LogP contribution in [0.3, 0.4) is 0 Å². The molecule has 0 bridgehead atoms. The minimum atomic E-state index is -0.288. The second kappa shape index (κ2) is 5.98. The summed E-state index contributed by atoms with van der Waals surface area (Å²) in [7, 11) is 0. The van der Waals surface area contributed by atoms with Crippen LogP contribution >= 0.6 is 11.3 Å². The molecule has 1 aliphatic rings. The molecule has 0 aliphatic carbocycles. The molecule has 120 valence electrons. The van der Waals surface area contributed by atoms with Crippen LogP contribution in [0.4, 0.5) is 0 Å². The van der Waals surface area contributed by atoms with Crippen molar-refractivity contribution in [2.75, 3.05) is 0 Å². The standard InChI is InChI=1S/C18H14N2O3S/c21-15-6-2-1-5-12(15)13-11-14(17-8-4-10-24-17)20(19-13)18(22)16-7-3-9-23-16/h1-10,14,21H,11H2. The van der Waals surface area contributed by atoms with Gasteiger partial charge in [0.05, 0.1) is 18.0 Å². The van der Waals surface area contributed by atoms with Crippen molar-refractivity contribution in [3.8, 4) is 5.75 Å². The minimum Gasteiger partial charge on any atom is -0.507 e. The van der Waals surface area contributed by atoms with Gasteiger partial charge in [0.1, 0.15) is 5.75 Å². The van der Waals surface area contributed by atoms with Crippen LogP contribution in [-0.4, -0.2) is 21.7 Å². The highest BCUT2D eigenvalue weighted by Crippen LogP contribution is 2.37. The van der Waals surface area contributed by atoms with Gasteiger partial charge in [-0.05, 0) is 35.7 Å². The summed E-state index contributed by atoms with van der Waals surface area (Å²) < 4.78 is 5.23. The van der Waals surface area contributed by atoms with E-state index in [1.807, 2.05) is 23.6 Å². The number of hydrazone groups is 1. The van der Waals surface area contributed by atoms with E-state index in [1.54, 1.807) is 41.7 Å². The highest BCUT2D eigenvalue weighted by molar-refractivity contribution is 7.10. The molecule has 0 radical (unpaired) electrons. The SMILES string of the molecule is O=C(c1ccco1)N1N=C(c2ccccc2O)CC1c1cccs1. The number of nitrogens with zero attached hydrogens (tertiary/aromatic N) is 2. The van der Waals surface area contributed by atoms with Crippen LogP contribution in [0, 0.1) is 0 Å². The Labute approximate surface area is 142 Å². The zero-order valence-electron chi connectivity index (χ0n) is 12.6. The number of hydrogen-bond donors (Lipinski definition) is 1. The highest BCUT2D eigenvalue weighted by Gasteiger charge is 2.35. The number of thiophene rings is 1. The number of carbonyl (C=O) groups excluding carboxylic acids is 1. The average molecular weight is 338 g/mol. The quantitative estimate of drug-likeness (QED) is 0.784. The number of rotatable bonds is 3. The number of furan rings is 1. The van der Waals surface area contributed by atoms with Crippen molar-refractivity contribution < 1.29 is 14.3 Å². The van der Waals surface area contributed by atoms with Crippen molar-refractivity contribution in [1.29, 1.82) is 0 Å². The number of aromatic hydroxyl groups is 1. The van der Waals surface area contributed by atoms with E-state index in [9.17, 15) is 9.90 Å². The van der Waals surface area contributed by atoms with Gasteiger partial charge in [0.25, 0.3) is 0 Å². The van der Waals surface area contributed by atoms with Crippen LogP contribution in [-0.2, 0) is 0 Å². The van der Waals surface area contributed by atoms with E-state index in [1.165, 1.54) is 11.3 Å². The van der Waals surface area contributed by atoms with E-state index < -0.39 is 0 Å². The summed E-state index contributed by atoms with van der Waals surface area (Å²) in [5, 5.41) is 18.0. The fourth-order valence-electron chi connectivity index (χ4n) is 2.79. The van der Waals surface area contributed by atoms with Crippen molar-refractivity contribution >= 4 is 23.0 Å². The number of phenols is 1. The van der Waals surface area contributed by atoms with Crippen LogP contribution in [0.25, 0.3) is 0 Å². The molecule has 5 nitrogen and oxygen atoms in total. The molecular formula is C18H14N2O3S. The van der Waals surface area contributed by atoms with Crippen molar-refractivity contribution in [3.05, 3.63) is 76.4 Å². The molecule has 1 unspecified atom stereocenters. The Morgan fingerprint density at radius 2 is 2.08 bits per heavy atom. The van der Waals surface area contributed by atoms with Gasteiger partial charge in [-0.3, -0.25) is 4.79 Å². The predicted molar refractivity (Wildman–Crippen MR) is 91.2 cm³/mol. The summed E-state index contributed by atoms with van der Waals surface area (Å²) in [6.07, 6.45) is 2.02. The molecule has 1 aliphatic heterocycles. The molecule has 4 rings (SSSR count). The summed E-state index contributed by atoms with van der Waals surface area (Å²) in [5.74, 6) is 0.121. The van der Waals surface area contributed by atoms with E-state index in [0.29, 0.717) is 17.7 Å². The van der Waals surface area contributed by atoms with Gasteiger partial charge in [0.2, 0.25) is 0 Å². The molecule has 1 amide bonds. The zero-order valence-corrected chi connectivity index (χ0v) is 13.4. The van der Waals surface area contributed by atoms with Gasteiger partial charge in [-0.2, -0.15) is 5.10 Å². The molecule has 24 heavy (non-hydrogen) atoms. The van der Waals surface area contributed by atoms with Gasteiger partial charge >= 0.3 is 5.91 Å². The number of phenolic OH excluding ortho intramolecular Hbond substituents is 1. The van der Waals surface area contributed by atoms with Crippen molar-refractivity contribution in [2.45, 2.75) is 12.5 Å². The van der Waals surface area contributed by atoms with Gasteiger partial charge in [-0.15, -0.1) is 11.3 Å². The summed E-state index contributed by atoms with van der Waals surface area (Å²) >= 11 is 1.58. The smallest absolute Gasteiger partial charge is 0.310 e. The van der Waals surface area contributed by atoms with E-state index in [4.69, 9.17) is 4.42 Å². The van der Waals surface area contributed by atoms with Crippen LogP contribution < -0.4 is 0 Å². The lowest BCUT2D eigenvalue weighted by molar-refractivity contribution is 0.0681. The molecule has 0 spiro atoms. The zero-order chi connectivity index (χ0) is 16.5. The third-order valence-electron chi connectivity index (χ3n) is 3.94. The molecular weight excluding hydrogens is 324 g/mol. The van der Waals surface area contributed by atoms with Gasteiger partial charge in [-0.25, -0.2) is 5.01 Å². The third kappa shape index (κ3) is 2.51. The lowest BCUT2D eigenvalue weighted by Gasteiger charge is -2.19. The lowest BCUT2D eigenvalue weighted by Crippen LogP contribution is -2.26. The Kier molecular flexibility index (Phi) is 3.66. The molecule has 3 aromatic rings. The molecule has 3 heterocycles. The first-order valence-corrected chi connectivity index (χ1v) is 8.38. The molecule has 6 heteroatoms.